The van der Waals surface area contributed by atoms with Crippen LogP contribution in [0.1, 0.15) is 32.0 Å². The van der Waals surface area contributed by atoms with Gasteiger partial charge in [0.15, 0.2) is 0 Å². The minimum absolute atomic E-state index is 0.0490. The predicted octanol–water partition coefficient (Wildman–Crippen LogP) is 2.73. The van der Waals surface area contributed by atoms with Crippen molar-refractivity contribution in [3.63, 3.8) is 0 Å². The van der Waals surface area contributed by atoms with Crippen molar-refractivity contribution in [3.05, 3.63) is 29.6 Å². The highest BCUT2D eigenvalue weighted by molar-refractivity contribution is 5.83. The molecule has 0 unspecified atom stereocenters. The number of hydrogen-bond acceptors (Lipinski definition) is 2. The fourth-order valence-electron chi connectivity index (χ4n) is 1.53. The Hall–Kier alpha value is -1.82. The van der Waals surface area contributed by atoms with Gasteiger partial charge in [0.25, 0.3) is 0 Å². The highest BCUT2D eigenvalue weighted by Gasteiger charge is 2.17. The molecule has 3 nitrogen and oxygen atoms in total. The maximum atomic E-state index is 8.96. The standard InChI is InChI=1S/C12H13N3/c1-12(2,3)10-6-9-8(7-13)4-5-14-11(9)15-10/h4-6H,1-3H3,(H,14,15). The zero-order valence-electron chi connectivity index (χ0n) is 9.13. The van der Waals surface area contributed by atoms with Crippen molar-refractivity contribution in [2.24, 2.45) is 0 Å². The van der Waals surface area contributed by atoms with Gasteiger partial charge in [-0.3, -0.25) is 0 Å². The van der Waals surface area contributed by atoms with E-state index in [1.54, 1.807) is 12.3 Å². The summed E-state index contributed by atoms with van der Waals surface area (Å²) in [7, 11) is 0. The lowest BCUT2D eigenvalue weighted by atomic mass is 9.92. The fraction of sp³-hybridized carbons (Fsp3) is 0.333. The number of rotatable bonds is 0. The molecule has 1 N–H and O–H groups in total. The van der Waals surface area contributed by atoms with Crippen LogP contribution >= 0.6 is 0 Å². The molecule has 0 aromatic carbocycles. The molecule has 0 saturated heterocycles. The fourth-order valence-corrected chi connectivity index (χ4v) is 1.53. The van der Waals surface area contributed by atoms with Crippen LogP contribution in [0.5, 0.6) is 0 Å². The topological polar surface area (TPSA) is 52.5 Å². The first-order valence-electron chi connectivity index (χ1n) is 4.90. The lowest BCUT2D eigenvalue weighted by molar-refractivity contribution is 0.574. The lowest BCUT2D eigenvalue weighted by Crippen LogP contribution is -2.11. The number of aromatic amines is 1. The molecule has 0 atom stereocenters. The molecule has 0 saturated carbocycles. The van der Waals surface area contributed by atoms with E-state index in [2.05, 4.69) is 36.8 Å². The van der Waals surface area contributed by atoms with Gasteiger partial charge in [0.05, 0.1) is 11.6 Å². The van der Waals surface area contributed by atoms with Gasteiger partial charge in [-0.05, 0) is 12.1 Å². The average molecular weight is 199 g/mol. The molecule has 2 aromatic rings. The minimum atomic E-state index is 0.0490. The highest BCUT2D eigenvalue weighted by atomic mass is 14.9. The van der Waals surface area contributed by atoms with Gasteiger partial charge in [-0.25, -0.2) is 4.98 Å². The molecular weight excluding hydrogens is 186 g/mol. The van der Waals surface area contributed by atoms with Gasteiger partial charge in [-0.15, -0.1) is 0 Å². The first kappa shape index (κ1) is 9.72. The highest BCUT2D eigenvalue weighted by Crippen LogP contribution is 2.26. The smallest absolute Gasteiger partial charge is 0.138 e. The van der Waals surface area contributed by atoms with Crippen molar-refractivity contribution < 1.29 is 0 Å². The second-order valence-corrected chi connectivity index (χ2v) is 4.67. The molecule has 0 amide bonds. The van der Waals surface area contributed by atoms with Crippen LogP contribution in [0.2, 0.25) is 0 Å². The molecule has 2 rings (SSSR count). The predicted molar refractivity (Wildman–Crippen MR) is 59.5 cm³/mol. The molecule has 2 heterocycles. The lowest BCUT2D eigenvalue weighted by Gasteiger charge is -2.15. The van der Waals surface area contributed by atoms with Crippen LogP contribution in [0, 0.1) is 11.3 Å². The maximum Gasteiger partial charge on any atom is 0.138 e. The summed E-state index contributed by atoms with van der Waals surface area (Å²) in [5.41, 5.74) is 2.62. The van der Waals surface area contributed by atoms with Crippen LogP contribution in [0.15, 0.2) is 18.3 Å². The SMILES string of the molecule is CC(C)(C)c1cc2c(C#N)ccnc2[nH]1. The number of nitrogens with one attached hydrogen (secondary N) is 1. The first-order valence-corrected chi connectivity index (χ1v) is 4.90. The molecule has 0 radical (unpaired) electrons. The van der Waals surface area contributed by atoms with Gasteiger partial charge < -0.3 is 4.98 Å². The summed E-state index contributed by atoms with van der Waals surface area (Å²) in [6.07, 6.45) is 1.66. The Kier molecular flexibility index (Phi) is 2.01. The number of nitriles is 1. The summed E-state index contributed by atoms with van der Waals surface area (Å²) in [6, 6.07) is 5.93. The molecule has 0 aliphatic rings. The number of nitrogens with zero attached hydrogens (tertiary/aromatic N) is 2. The summed E-state index contributed by atoms with van der Waals surface area (Å²) in [6.45, 7) is 6.39. The van der Waals surface area contributed by atoms with Crippen molar-refractivity contribution in [1.82, 2.24) is 9.97 Å². The number of hydrogen-bond donors (Lipinski definition) is 1. The van der Waals surface area contributed by atoms with E-state index >= 15 is 0 Å². The summed E-state index contributed by atoms with van der Waals surface area (Å²) in [5.74, 6) is 0. The Morgan fingerprint density at radius 3 is 2.73 bits per heavy atom. The van der Waals surface area contributed by atoms with Gasteiger partial charge in [0.1, 0.15) is 5.65 Å². The van der Waals surface area contributed by atoms with Gasteiger partial charge in [-0.2, -0.15) is 5.26 Å². The summed E-state index contributed by atoms with van der Waals surface area (Å²) >= 11 is 0. The van der Waals surface area contributed by atoms with E-state index in [4.69, 9.17) is 5.26 Å². The summed E-state index contributed by atoms with van der Waals surface area (Å²) in [5, 5.41) is 9.86. The van der Waals surface area contributed by atoms with E-state index in [9.17, 15) is 0 Å². The third kappa shape index (κ3) is 1.59. The molecule has 0 fully saturated rings. The Balaban J connectivity index is 2.72. The van der Waals surface area contributed by atoms with E-state index in [1.165, 1.54) is 0 Å². The summed E-state index contributed by atoms with van der Waals surface area (Å²) < 4.78 is 0. The van der Waals surface area contributed by atoms with Crippen molar-refractivity contribution >= 4 is 11.0 Å². The molecule has 76 valence electrons. The number of fused-ring (bicyclic) bond motifs is 1. The molecule has 3 heteroatoms. The minimum Gasteiger partial charge on any atom is -0.343 e. The van der Waals surface area contributed by atoms with Crippen molar-refractivity contribution in [1.29, 1.82) is 5.26 Å². The van der Waals surface area contributed by atoms with E-state index in [-0.39, 0.29) is 5.41 Å². The van der Waals surface area contributed by atoms with E-state index in [1.807, 2.05) is 6.07 Å². The molecule has 0 aliphatic heterocycles. The first-order chi connectivity index (χ1) is 7.02. The van der Waals surface area contributed by atoms with Crippen LogP contribution in [0.25, 0.3) is 11.0 Å². The zero-order valence-corrected chi connectivity index (χ0v) is 9.13. The van der Waals surface area contributed by atoms with Gasteiger partial charge >= 0.3 is 0 Å². The molecular formula is C12H13N3. The van der Waals surface area contributed by atoms with Crippen LogP contribution in [-0.2, 0) is 5.41 Å². The number of aromatic nitrogens is 2. The molecule has 0 spiro atoms. The summed E-state index contributed by atoms with van der Waals surface area (Å²) in [4.78, 5) is 7.47. The molecule has 2 aromatic heterocycles. The van der Waals surface area contributed by atoms with E-state index < -0.39 is 0 Å². The van der Waals surface area contributed by atoms with E-state index in [0.29, 0.717) is 5.56 Å². The van der Waals surface area contributed by atoms with Crippen molar-refractivity contribution in [2.75, 3.05) is 0 Å². The number of pyridine rings is 1. The Morgan fingerprint density at radius 2 is 2.13 bits per heavy atom. The number of H-pyrrole nitrogens is 1. The monoisotopic (exact) mass is 199 g/mol. The van der Waals surface area contributed by atoms with Crippen LogP contribution in [0.4, 0.5) is 0 Å². The quantitative estimate of drug-likeness (QED) is 0.709. The Bertz CT molecular complexity index is 538. The Labute approximate surface area is 88.8 Å². The maximum absolute atomic E-state index is 8.96. The van der Waals surface area contributed by atoms with Crippen LogP contribution in [0.3, 0.4) is 0 Å². The molecule has 15 heavy (non-hydrogen) atoms. The van der Waals surface area contributed by atoms with Crippen molar-refractivity contribution in [2.45, 2.75) is 26.2 Å². The molecule has 0 bridgehead atoms. The third-order valence-corrected chi connectivity index (χ3v) is 2.46. The van der Waals surface area contributed by atoms with Gasteiger partial charge in [-0.1, -0.05) is 20.8 Å². The van der Waals surface area contributed by atoms with Crippen LogP contribution < -0.4 is 0 Å². The van der Waals surface area contributed by atoms with Crippen molar-refractivity contribution in [3.8, 4) is 6.07 Å². The average Bonchev–Trinajstić information content (AvgIpc) is 2.59. The largest absolute Gasteiger partial charge is 0.343 e. The second-order valence-electron chi connectivity index (χ2n) is 4.67. The van der Waals surface area contributed by atoms with Crippen LogP contribution in [-0.4, -0.2) is 9.97 Å². The zero-order chi connectivity index (χ0) is 11.1. The van der Waals surface area contributed by atoms with E-state index in [0.717, 1.165) is 16.7 Å². The Morgan fingerprint density at radius 1 is 1.40 bits per heavy atom. The third-order valence-electron chi connectivity index (χ3n) is 2.46. The second kappa shape index (κ2) is 3.09. The molecule has 0 aliphatic carbocycles. The van der Waals surface area contributed by atoms with Gasteiger partial charge in [0, 0.05) is 22.7 Å². The van der Waals surface area contributed by atoms with Gasteiger partial charge in [0.2, 0.25) is 0 Å². The normalized spacial score (nSPS) is 11.6.